The summed E-state index contributed by atoms with van der Waals surface area (Å²) in [6, 6.07) is 25.4. The largest absolute Gasteiger partial charge is 0.478 e. The number of carboxylic acid groups (broad SMARTS) is 1. The number of thioether (sulfide) groups is 1. The van der Waals surface area contributed by atoms with Crippen molar-refractivity contribution in [3.8, 4) is 11.3 Å². The molecule has 0 aliphatic heterocycles. The molecular formula is C32H27N3O4S2. The van der Waals surface area contributed by atoms with Crippen molar-refractivity contribution in [2.45, 2.75) is 30.9 Å². The zero-order valence-electron chi connectivity index (χ0n) is 22.6. The first-order chi connectivity index (χ1) is 19.7. The SMILES string of the molecule is Cc1ccc(-c2nc(NC(=O)C(C)Sc3ccc(NC(=O)c4cccc5cccc(C(=O)O)c45)cc3)sc2C)cc1. The summed E-state index contributed by atoms with van der Waals surface area (Å²) in [6.07, 6.45) is 0. The number of aromatic nitrogens is 1. The van der Waals surface area contributed by atoms with Gasteiger partial charge in [-0.2, -0.15) is 0 Å². The second kappa shape index (κ2) is 12.0. The Morgan fingerprint density at radius 2 is 1.51 bits per heavy atom. The maximum absolute atomic E-state index is 13.1. The summed E-state index contributed by atoms with van der Waals surface area (Å²) < 4.78 is 0. The number of nitrogens with zero attached hydrogens (tertiary/aromatic N) is 1. The van der Waals surface area contributed by atoms with Gasteiger partial charge in [0, 0.05) is 32.0 Å². The summed E-state index contributed by atoms with van der Waals surface area (Å²) in [6.45, 7) is 5.86. The van der Waals surface area contributed by atoms with E-state index >= 15 is 0 Å². The van der Waals surface area contributed by atoms with Gasteiger partial charge in [-0.15, -0.1) is 23.1 Å². The summed E-state index contributed by atoms with van der Waals surface area (Å²) in [5, 5.41) is 16.6. The van der Waals surface area contributed by atoms with Crippen LogP contribution in [0.25, 0.3) is 22.0 Å². The first-order valence-electron chi connectivity index (χ1n) is 12.9. The van der Waals surface area contributed by atoms with Crippen molar-refractivity contribution < 1.29 is 19.5 Å². The lowest BCUT2D eigenvalue weighted by atomic mass is 9.98. The van der Waals surface area contributed by atoms with Crippen molar-refractivity contribution in [2.75, 3.05) is 10.6 Å². The Balaban J connectivity index is 1.23. The molecular weight excluding hydrogens is 555 g/mol. The summed E-state index contributed by atoms with van der Waals surface area (Å²) in [5.41, 5.74) is 3.98. The van der Waals surface area contributed by atoms with Crippen LogP contribution in [0.1, 0.15) is 38.1 Å². The standard InChI is InChI=1S/C32H27N3O4S2/c1-18-10-12-22(13-11-18)28-19(2)41-32(34-28)35-29(36)20(3)40-24-16-14-23(15-17-24)33-30(37)25-8-4-6-21-7-5-9-26(27(21)25)31(38)39/h4-17,20H,1-3H3,(H,33,37)(H,38,39)(H,34,35,36). The molecule has 5 rings (SSSR count). The predicted octanol–water partition coefficient (Wildman–Crippen LogP) is 7.65. The minimum atomic E-state index is -1.09. The first kappa shape index (κ1) is 28.1. The number of aryl methyl sites for hydroxylation is 2. The predicted molar refractivity (Wildman–Crippen MR) is 166 cm³/mol. The number of hydrogen-bond donors (Lipinski definition) is 3. The van der Waals surface area contributed by atoms with Gasteiger partial charge in [0.1, 0.15) is 0 Å². The number of anilines is 2. The lowest BCUT2D eigenvalue weighted by Crippen LogP contribution is -2.22. The van der Waals surface area contributed by atoms with Crippen molar-refractivity contribution in [1.82, 2.24) is 4.98 Å². The molecule has 2 amide bonds. The monoisotopic (exact) mass is 581 g/mol. The highest BCUT2D eigenvalue weighted by Gasteiger charge is 2.19. The Morgan fingerprint density at radius 3 is 2.17 bits per heavy atom. The molecule has 3 N–H and O–H groups in total. The van der Waals surface area contributed by atoms with Crippen LogP contribution in [0.4, 0.5) is 10.8 Å². The maximum Gasteiger partial charge on any atom is 0.336 e. The van der Waals surface area contributed by atoms with E-state index in [2.05, 4.69) is 15.6 Å². The van der Waals surface area contributed by atoms with E-state index in [4.69, 9.17) is 0 Å². The molecule has 0 fully saturated rings. The van der Waals surface area contributed by atoms with E-state index in [0.29, 0.717) is 21.6 Å². The van der Waals surface area contributed by atoms with Crippen molar-refractivity contribution >= 4 is 62.5 Å². The smallest absolute Gasteiger partial charge is 0.336 e. The van der Waals surface area contributed by atoms with Gasteiger partial charge in [-0.3, -0.25) is 9.59 Å². The van der Waals surface area contributed by atoms with Gasteiger partial charge in [-0.1, -0.05) is 54.1 Å². The number of carbonyl (C=O) groups excluding carboxylic acids is 2. The molecule has 41 heavy (non-hydrogen) atoms. The minimum Gasteiger partial charge on any atom is -0.478 e. The molecule has 0 spiro atoms. The van der Waals surface area contributed by atoms with Gasteiger partial charge < -0.3 is 15.7 Å². The molecule has 0 radical (unpaired) electrons. The normalized spacial score (nSPS) is 11.7. The fourth-order valence-corrected chi connectivity index (χ4v) is 6.12. The summed E-state index contributed by atoms with van der Waals surface area (Å²) in [5.74, 6) is -1.64. The molecule has 1 unspecified atom stereocenters. The number of hydrogen-bond acceptors (Lipinski definition) is 6. The van der Waals surface area contributed by atoms with Gasteiger partial charge in [0.15, 0.2) is 5.13 Å². The molecule has 5 aromatic rings. The van der Waals surface area contributed by atoms with Crippen LogP contribution in [0, 0.1) is 13.8 Å². The topological polar surface area (TPSA) is 108 Å². The maximum atomic E-state index is 13.1. The molecule has 1 heterocycles. The zero-order valence-corrected chi connectivity index (χ0v) is 24.2. The highest BCUT2D eigenvalue weighted by molar-refractivity contribution is 8.00. The third-order valence-electron chi connectivity index (χ3n) is 6.53. The Kier molecular flexibility index (Phi) is 8.19. The Labute approximate surface area is 245 Å². The van der Waals surface area contributed by atoms with Crippen LogP contribution < -0.4 is 10.6 Å². The number of benzene rings is 4. The molecule has 0 aliphatic rings. The quantitative estimate of drug-likeness (QED) is 0.162. The van der Waals surface area contributed by atoms with E-state index in [0.717, 1.165) is 21.0 Å². The van der Waals surface area contributed by atoms with Crippen molar-refractivity contribution in [1.29, 1.82) is 0 Å². The van der Waals surface area contributed by atoms with E-state index in [-0.39, 0.29) is 22.3 Å². The second-order valence-electron chi connectivity index (χ2n) is 9.53. The molecule has 7 nitrogen and oxygen atoms in total. The van der Waals surface area contributed by atoms with Gasteiger partial charge >= 0.3 is 5.97 Å². The van der Waals surface area contributed by atoms with E-state index in [1.54, 1.807) is 42.5 Å². The van der Waals surface area contributed by atoms with Gasteiger partial charge in [0.25, 0.3) is 5.91 Å². The van der Waals surface area contributed by atoms with Gasteiger partial charge in [0.05, 0.1) is 16.5 Å². The van der Waals surface area contributed by atoms with Crippen molar-refractivity contribution in [2.24, 2.45) is 0 Å². The number of aromatic carboxylic acids is 1. The molecule has 1 aromatic heterocycles. The number of amides is 2. The van der Waals surface area contributed by atoms with Crippen LogP contribution in [0.15, 0.2) is 89.8 Å². The van der Waals surface area contributed by atoms with Crippen LogP contribution in [0.5, 0.6) is 0 Å². The first-order valence-corrected chi connectivity index (χ1v) is 14.6. The average Bonchev–Trinajstić information content (AvgIpc) is 3.33. The number of carboxylic acids is 1. The lowest BCUT2D eigenvalue weighted by Gasteiger charge is -2.12. The molecule has 206 valence electrons. The average molecular weight is 582 g/mol. The molecule has 4 aromatic carbocycles. The Hall–Kier alpha value is -4.47. The van der Waals surface area contributed by atoms with E-state index in [1.165, 1.54) is 34.7 Å². The zero-order chi connectivity index (χ0) is 29.1. The summed E-state index contributed by atoms with van der Waals surface area (Å²) in [4.78, 5) is 44.3. The van der Waals surface area contributed by atoms with Gasteiger partial charge in [-0.05, 0) is 62.6 Å². The van der Waals surface area contributed by atoms with Crippen LogP contribution in [-0.4, -0.2) is 33.1 Å². The second-order valence-corrected chi connectivity index (χ2v) is 12.1. The van der Waals surface area contributed by atoms with Gasteiger partial charge in [0.2, 0.25) is 5.91 Å². The van der Waals surface area contributed by atoms with Crippen LogP contribution in [-0.2, 0) is 4.79 Å². The Morgan fingerprint density at radius 1 is 0.854 bits per heavy atom. The number of fused-ring (bicyclic) bond motifs is 1. The molecule has 0 aliphatic carbocycles. The summed E-state index contributed by atoms with van der Waals surface area (Å²) >= 11 is 2.85. The highest BCUT2D eigenvalue weighted by Crippen LogP contribution is 2.32. The molecule has 1 atom stereocenters. The number of thiazole rings is 1. The van der Waals surface area contributed by atoms with Crippen LogP contribution in [0.3, 0.4) is 0 Å². The lowest BCUT2D eigenvalue weighted by molar-refractivity contribution is -0.115. The van der Waals surface area contributed by atoms with Crippen molar-refractivity contribution in [3.05, 3.63) is 106 Å². The van der Waals surface area contributed by atoms with Crippen LogP contribution >= 0.6 is 23.1 Å². The molecule has 9 heteroatoms. The highest BCUT2D eigenvalue weighted by atomic mass is 32.2. The number of carbonyl (C=O) groups is 3. The number of nitrogens with one attached hydrogen (secondary N) is 2. The minimum absolute atomic E-state index is 0.0755. The van der Waals surface area contributed by atoms with Gasteiger partial charge in [-0.25, -0.2) is 9.78 Å². The fourth-order valence-electron chi connectivity index (χ4n) is 4.42. The third kappa shape index (κ3) is 6.32. The molecule has 0 saturated carbocycles. The van der Waals surface area contributed by atoms with E-state index < -0.39 is 11.9 Å². The summed E-state index contributed by atoms with van der Waals surface area (Å²) in [7, 11) is 0. The third-order valence-corrected chi connectivity index (χ3v) is 8.52. The molecule has 0 saturated heterocycles. The van der Waals surface area contributed by atoms with Crippen LogP contribution in [0.2, 0.25) is 0 Å². The fraction of sp³-hybridized carbons (Fsp3) is 0.125. The van der Waals surface area contributed by atoms with E-state index in [9.17, 15) is 19.5 Å². The van der Waals surface area contributed by atoms with Crippen molar-refractivity contribution in [3.63, 3.8) is 0 Å². The van der Waals surface area contributed by atoms with E-state index in [1.807, 2.05) is 57.2 Å². The number of rotatable bonds is 8. The molecule has 0 bridgehead atoms. The Bertz CT molecular complexity index is 1760.